The van der Waals surface area contributed by atoms with Crippen molar-refractivity contribution in [2.24, 2.45) is 17.8 Å². The Bertz CT molecular complexity index is 526. The first kappa shape index (κ1) is 15.5. The van der Waals surface area contributed by atoms with Gasteiger partial charge in [0.25, 0.3) is 0 Å². The minimum atomic E-state index is -0.689. The summed E-state index contributed by atoms with van der Waals surface area (Å²) in [7, 11) is 4.76. The average molecular weight is 294 g/mol. The molecule has 1 aliphatic carbocycles. The van der Waals surface area contributed by atoms with E-state index in [0.717, 1.165) is 18.4 Å². The maximum Gasteiger partial charge on any atom is 0.306 e. The highest BCUT2D eigenvalue weighted by molar-refractivity contribution is 5.73. The molecule has 3 unspecified atom stereocenters. The van der Waals surface area contributed by atoms with Gasteiger partial charge in [0.05, 0.1) is 27.2 Å². The predicted molar refractivity (Wildman–Crippen MR) is 78.2 cm³/mol. The van der Waals surface area contributed by atoms with Crippen LogP contribution in [-0.2, 0) is 11.2 Å². The first-order valence-electron chi connectivity index (χ1n) is 7.04. The fraction of sp³-hybridized carbons (Fsp3) is 0.562. The molecule has 0 heterocycles. The molecule has 0 aromatic heterocycles. The van der Waals surface area contributed by atoms with Crippen LogP contribution in [-0.4, -0.2) is 32.4 Å². The summed E-state index contributed by atoms with van der Waals surface area (Å²) in [6.07, 6.45) is 1.53. The van der Waals surface area contributed by atoms with Crippen molar-refractivity contribution in [2.75, 3.05) is 21.3 Å². The molecule has 21 heavy (non-hydrogen) atoms. The highest BCUT2D eigenvalue weighted by Crippen LogP contribution is 2.47. The van der Waals surface area contributed by atoms with E-state index in [0.29, 0.717) is 17.2 Å². The Morgan fingerprint density at radius 1 is 1.24 bits per heavy atom. The zero-order valence-electron chi connectivity index (χ0n) is 12.9. The molecule has 0 aliphatic heterocycles. The molecular weight excluding hydrogens is 272 g/mol. The lowest BCUT2D eigenvalue weighted by atomic mass is 9.94. The summed E-state index contributed by atoms with van der Waals surface area (Å²) in [6.45, 7) is 2.09. The van der Waals surface area contributed by atoms with Gasteiger partial charge in [0.15, 0.2) is 11.5 Å². The van der Waals surface area contributed by atoms with E-state index in [1.165, 1.54) is 0 Å². The Hall–Kier alpha value is -1.91. The van der Waals surface area contributed by atoms with Gasteiger partial charge in [-0.05, 0) is 36.3 Å². The molecule has 5 nitrogen and oxygen atoms in total. The number of carboxylic acid groups (broad SMARTS) is 1. The molecule has 0 spiro atoms. The van der Waals surface area contributed by atoms with Crippen LogP contribution in [0.5, 0.6) is 17.2 Å². The molecule has 3 atom stereocenters. The highest BCUT2D eigenvalue weighted by atomic mass is 16.5. The summed E-state index contributed by atoms with van der Waals surface area (Å²) >= 11 is 0. The Morgan fingerprint density at radius 2 is 1.90 bits per heavy atom. The van der Waals surface area contributed by atoms with Crippen molar-refractivity contribution >= 4 is 5.97 Å². The van der Waals surface area contributed by atoms with Crippen LogP contribution in [0, 0.1) is 17.8 Å². The van der Waals surface area contributed by atoms with Crippen molar-refractivity contribution in [2.45, 2.75) is 19.8 Å². The lowest BCUT2D eigenvalue weighted by Crippen LogP contribution is -2.09. The number of benzene rings is 1. The molecule has 5 heteroatoms. The normalized spacial score (nSPS) is 21.5. The second kappa shape index (κ2) is 6.24. The lowest BCUT2D eigenvalue weighted by molar-refractivity contribution is -0.139. The van der Waals surface area contributed by atoms with Gasteiger partial charge in [-0.3, -0.25) is 4.79 Å². The monoisotopic (exact) mass is 294 g/mol. The van der Waals surface area contributed by atoms with Gasteiger partial charge in [-0.25, -0.2) is 0 Å². The summed E-state index contributed by atoms with van der Waals surface area (Å²) in [5, 5.41) is 9.03. The third-order valence-electron chi connectivity index (χ3n) is 4.22. The second-order valence-corrected chi connectivity index (χ2v) is 5.52. The molecule has 1 aromatic rings. The van der Waals surface area contributed by atoms with Crippen molar-refractivity contribution in [3.05, 3.63) is 17.7 Å². The Balaban J connectivity index is 2.18. The molecule has 1 saturated carbocycles. The van der Waals surface area contributed by atoms with E-state index in [2.05, 4.69) is 6.92 Å². The van der Waals surface area contributed by atoms with Crippen molar-refractivity contribution in [3.8, 4) is 17.2 Å². The molecule has 0 saturated heterocycles. The van der Waals surface area contributed by atoms with E-state index >= 15 is 0 Å². The van der Waals surface area contributed by atoms with E-state index < -0.39 is 5.97 Å². The van der Waals surface area contributed by atoms with Crippen LogP contribution in [0.25, 0.3) is 0 Å². The fourth-order valence-corrected chi connectivity index (χ4v) is 2.95. The van der Waals surface area contributed by atoms with Gasteiger partial charge >= 0.3 is 5.97 Å². The molecule has 116 valence electrons. The standard InChI is InChI=1S/C16H22O5/c1-9(11-8-12(11)16(17)18)7-10-5-6-13(19-2)15(21-4)14(10)20-3/h5-6,9,11-12H,7-8H2,1-4H3,(H,17,18). The number of hydrogen-bond acceptors (Lipinski definition) is 4. The summed E-state index contributed by atoms with van der Waals surface area (Å²) < 4.78 is 16.1. The number of ether oxygens (including phenoxy) is 3. The SMILES string of the molecule is COc1ccc(CC(C)C2CC2C(=O)O)c(OC)c1OC. The Kier molecular flexibility index (Phi) is 4.60. The Labute approximate surface area is 124 Å². The first-order valence-corrected chi connectivity index (χ1v) is 7.04. The van der Waals surface area contributed by atoms with Gasteiger partial charge < -0.3 is 19.3 Å². The minimum absolute atomic E-state index is 0.189. The van der Waals surface area contributed by atoms with Crippen LogP contribution in [0.2, 0.25) is 0 Å². The summed E-state index contributed by atoms with van der Waals surface area (Å²) in [6, 6.07) is 3.81. The van der Waals surface area contributed by atoms with Crippen LogP contribution in [0.1, 0.15) is 18.9 Å². The minimum Gasteiger partial charge on any atom is -0.493 e. The quantitative estimate of drug-likeness (QED) is 0.837. The maximum absolute atomic E-state index is 11.0. The van der Waals surface area contributed by atoms with Gasteiger partial charge in [0.2, 0.25) is 5.75 Å². The second-order valence-electron chi connectivity index (χ2n) is 5.52. The predicted octanol–water partition coefficient (Wildman–Crippen LogP) is 2.61. The van der Waals surface area contributed by atoms with Gasteiger partial charge in [0, 0.05) is 0 Å². The molecule has 1 aliphatic rings. The molecule has 0 radical (unpaired) electrons. The molecule has 0 amide bonds. The van der Waals surface area contributed by atoms with Gasteiger partial charge in [-0.1, -0.05) is 13.0 Å². The van der Waals surface area contributed by atoms with E-state index in [1.54, 1.807) is 21.3 Å². The zero-order chi connectivity index (χ0) is 15.6. The lowest BCUT2D eigenvalue weighted by Gasteiger charge is -2.18. The van der Waals surface area contributed by atoms with E-state index in [4.69, 9.17) is 19.3 Å². The summed E-state index contributed by atoms with van der Waals surface area (Å²) in [5.74, 6) is 1.53. The fourth-order valence-electron chi connectivity index (χ4n) is 2.95. The zero-order valence-corrected chi connectivity index (χ0v) is 12.9. The van der Waals surface area contributed by atoms with Gasteiger partial charge in [0.1, 0.15) is 0 Å². The van der Waals surface area contributed by atoms with Crippen molar-refractivity contribution < 1.29 is 24.1 Å². The van der Waals surface area contributed by atoms with Crippen molar-refractivity contribution in [1.29, 1.82) is 0 Å². The summed E-state index contributed by atoms with van der Waals surface area (Å²) in [4.78, 5) is 11.0. The third kappa shape index (κ3) is 3.06. The third-order valence-corrected chi connectivity index (χ3v) is 4.22. The smallest absolute Gasteiger partial charge is 0.306 e. The maximum atomic E-state index is 11.0. The van der Waals surface area contributed by atoms with Gasteiger partial charge in [-0.15, -0.1) is 0 Å². The van der Waals surface area contributed by atoms with E-state index in [1.807, 2.05) is 12.1 Å². The number of hydrogen-bond donors (Lipinski definition) is 1. The van der Waals surface area contributed by atoms with Crippen LogP contribution < -0.4 is 14.2 Å². The van der Waals surface area contributed by atoms with E-state index in [9.17, 15) is 4.79 Å². The number of carbonyl (C=O) groups is 1. The molecule has 1 aromatic carbocycles. The van der Waals surface area contributed by atoms with Crippen LogP contribution >= 0.6 is 0 Å². The molecular formula is C16H22O5. The van der Waals surface area contributed by atoms with Crippen LogP contribution in [0.15, 0.2) is 12.1 Å². The molecule has 2 rings (SSSR count). The average Bonchev–Trinajstić information content (AvgIpc) is 3.27. The van der Waals surface area contributed by atoms with Crippen molar-refractivity contribution in [1.82, 2.24) is 0 Å². The molecule has 1 fully saturated rings. The van der Waals surface area contributed by atoms with Crippen LogP contribution in [0.4, 0.5) is 0 Å². The first-order chi connectivity index (χ1) is 10.0. The topological polar surface area (TPSA) is 65.0 Å². The number of aliphatic carboxylic acids is 1. The largest absolute Gasteiger partial charge is 0.493 e. The van der Waals surface area contributed by atoms with E-state index in [-0.39, 0.29) is 17.8 Å². The van der Waals surface area contributed by atoms with Crippen LogP contribution in [0.3, 0.4) is 0 Å². The Morgan fingerprint density at radius 3 is 2.38 bits per heavy atom. The highest BCUT2D eigenvalue weighted by Gasteiger charge is 2.46. The number of methoxy groups -OCH3 is 3. The molecule has 1 N–H and O–H groups in total. The summed E-state index contributed by atoms with van der Waals surface area (Å²) in [5.41, 5.74) is 1.01. The number of rotatable bonds is 7. The molecule has 0 bridgehead atoms. The van der Waals surface area contributed by atoms with Gasteiger partial charge in [-0.2, -0.15) is 0 Å². The van der Waals surface area contributed by atoms with Crippen molar-refractivity contribution in [3.63, 3.8) is 0 Å². The number of carboxylic acids is 1.